The molecule has 2 nitrogen and oxygen atoms in total. The monoisotopic (exact) mass is 701 g/mol. The topological polar surface area (TPSA) is 16.4 Å². The molecule has 0 saturated carbocycles. The molecule has 0 unspecified atom stereocenters. The zero-order chi connectivity index (χ0) is 36.3. The maximum Gasteiger partial charge on any atom is 0.143 e. The van der Waals surface area contributed by atoms with Gasteiger partial charge in [0.25, 0.3) is 0 Å². The molecule has 0 saturated heterocycles. The summed E-state index contributed by atoms with van der Waals surface area (Å²) < 4.78 is 6.95. The lowest BCUT2D eigenvalue weighted by atomic mass is 9.67. The van der Waals surface area contributed by atoms with E-state index < -0.39 is 5.41 Å². The minimum Gasteiger partial charge on any atom is -0.455 e. The van der Waals surface area contributed by atoms with Gasteiger partial charge in [0.05, 0.1) is 5.41 Å². The molecule has 1 heterocycles. The number of para-hydroxylation sites is 1. The molecule has 10 aromatic rings. The average molecular weight is 702 g/mol. The van der Waals surface area contributed by atoms with E-state index in [4.69, 9.17) is 4.42 Å². The van der Waals surface area contributed by atoms with Gasteiger partial charge in [-0.3, -0.25) is 0 Å². The first-order valence-corrected chi connectivity index (χ1v) is 18.9. The molecule has 9 aromatic carbocycles. The van der Waals surface area contributed by atoms with Crippen LogP contribution < -0.4 is 4.90 Å². The Balaban J connectivity index is 1.15. The molecule has 258 valence electrons. The maximum absolute atomic E-state index is 6.95. The highest BCUT2D eigenvalue weighted by Gasteiger charge is 2.46. The first-order chi connectivity index (χ1) is 27.3. The van der Waals surface area contributed by atoms with Crippen LogP contribution in [0.25, 0.3) is 55.0 Å². The molecule has 0 aliphatic heterocycles. The summed E-state index contributed by atoms with van der Waals surface area (Å²) in [5.41, 5.74) is 14.3. The predicted molar refractivity (Wildman–Crippen MR) is 229 cm³/mol. The van der Waals surface area contributed by atoms with E-state index in [2.05, 4.69) is 217 Å². The normalized spacial score (nSPS) is 12.9. The van der Waals surface area contributed by atoms with Crippen molar-refractivity contribution < 1.29 is 4.42 Å². The zero-order valence-corrected chi connectivity index (χ0v) is 30.1. The van der Waals surface area contributed by atoms with E-state index >= 15 is 0 Å². The van der Waals surface area contributed by atoms with Crippen molar-refractivity contribution in [2.75, 3.05) is 4.90 Å². The summed E-state index contributed by atoms with van der Waals surface area (Å²) in [6, 6.07) is 76.8. The second-order valence-electron chi connectivity index (χ2n) is 14.4. The number of anilines is 3. The highest BCUT2D eigenvalue weighted by atomic mass is 16.3. The Kier molecular flexibility index (Phi) is 7.11. The van der Waals surface area contributed by atoms with Gasteiger partial charge in [-0.05, 0) is 92.2 Å². The molecule has 1 aliphatic rings. The third-order valence-corrected chi connectivity index (χ3v) is 11.5. The van der Waals surface area contributed by atoms with Gasteiger partial charge in [0.2, 0.25) is 0 Å². The summed E-state index contributed by atoms with van der Waals surface area (Å²) in [6.07, 6.45) is 0. The minimum absolute atomic E-state index is 0.495. The van der Waals surface area contributed by atoms with Gasteiger partial charge in [-0.2, -0.15) is 0 Å². The average Bonchev–Trinajstić information content (AvgIpc) is 3.77. The van der Waals surface area contributed by atoms with Crippen LogP contribution in [0.2, 0.25) is 0 Å². The van der Waals surface area contributed by atoms with Crippen molar-refractivity contribution in [1.29, 1.82) is 0 Å². The van der Waals surface area contributed by atoms with Crippen LogP contribution in [-0.4, -0.2) is 0 Å². The van der Waals surface area contributed by atoms with E-state index in [0.29, 0.717) is 0 Å². The van der Waals surface area contributed by atoms with Crippen LogP contribution in [0.4, 0.5) is 17.1 Å². The Morgan fingerprint density at radius 3 is 1.71 bits per heavy atom. The van der Waals surface area contributed by atoms with E-state index in [9.17, 15) is 0 Å². The second kappa shape index (κ2) is 12.5. The predicted octanol–water partition coefficient (Wildman–Crippen LogP) is 14.2. The molecule has 1 aromatic heterocycles. The van der Waals surface area contributed by atoms with Crippen LogP contribution in [0.1, 0.15) is 22.3 Å². The van der Waals surface area contributed by atoms with Crippen molar-refractivity contribution in [1.82, 2.24) is 0 Å². The third kappa shape index (κ3) is 4.75. The number of furan rings is 1. The van der Waals surface area contributed by atoms with Crippen LogP contribution in [0.15, 0.2) is 217 Å². The Hall–Kier alpha value is -7.16. The van der Waals surface area contributed by atoms with Gasteiger partial charge in [-0.15, -0.1) is 0 Å². The van der Waals surface area contributed by atoms with Gasteiger partial charge < -0.3 is 9.32 Å². The van der Waals surface area contributed by atoms with Gasteiger partial charge in [-0.25, -0.2) is 0 Å². The molecule has 0 amide bonds. The van der Waals surface area contributed by atoms with Crippen molar-refractivity contribution in [3.8, 4) is 22.3 Å². The number of hydrogen-bond acceptors (Lipinski definition) is 2. The lowest BCUT2D eigenvalue weighted by molar-refractivity contribution is 0.670. The molecular weight excluding hydrogens is 667 g/mol. The van der Waals surface area contributed by atoms with Crippen LogP contribution in [0.3, 0.4) is 0 Å². The third-order valence-electron chi connectivity index (χ3n) is 11.5. The van der Waals surface area contributed by atoms with Crippen molar-refractivity contribution in [3.05, 3.63) is 235 Å². The molecular formula is C53H35NO. The first kappa shape index (κ1) is 31.4. The standard InChI is InChI=1S/C53H35NO/c1-5-17-36(18-6-1)51-43-26-14-13-19-37(43)33-47-46-32-30-42(35-50(46)55-52(47)51)54(40-24-11-4-12-25-40)41-29-31-45-44-27-15-16-28-48(44)53(49(45)34-41,38-20-7-2-8-21-38)39-22-9-3-10-23-39/h1-35H. The van der Waals surface area contributed by atoms with Gasteiger partial charge >= 0.3 is 0 Å². The van der Waals surface area contributed by atoms with E-state index in [0.717, 1.165) is 50.1 Å². The van der Waals surface area contributed by atoms with Crippen LogP contribution >= 0.6 is 0 Å². The Bertz CT molecular complexity index is 2980. The summed E-state index contributed by atoms with van der Waals surface area (Å²) in [5, 5.41) is 4.61. The molecule has 0 bridgehead atoms. The largest absolute Gasteiger partial charge is 0.455 e. The lowest BCUT2D eigenvalue weighted by Crippen LogP contribution is -2.28. The molecule has 0 N–H and O–H groups in total. The maximum atomic E-state index is 6.95. The van der Waals surface area contributed by atoms with Crippen LogP contribution in [-0.2, 0) is 5.41 Å². The fourth-order valence-electron chi connectivity index (χ4n) is 9.19. The minimum atomic E-state index is -0.495. The van der Waals surface area contributed by atoms with E-state index in [1.54, 1.807) is 0 Å². The van der Waals surface area contributed by atoms with Crippen molar-refractivity contribution >= 4 is 49.8 Å². The Labute approximate surface area is 320 Å². The smallest absolute Gasteiger partial charge is 0.143 e. The van der Waals surface area contributed by atoms with Crippen LogP contribution in [0, 0.1) is 0 Å². The first-order valence-electron chi connectivity index (χ1n) is 18.9. The van der Waals surface area contributed by atoms with Crippen molar-refractivity contribution in [2.45, 2.75) is 5.41 Å². The van der Waals surface area contributed by atoms with Gasteiger partial charge in [0.15, 0.2) is 0 Å². The SMILES string of the molecule is c1ccc(-c2c3ccccc3cc3c2oc2cc(N(c4ccccc4)c4ccc5c(c4)C(c4ccccc4)(c4ccccc4)c4ccccc4-5)ccc23)cc1. The molecule has 0 radical (unpaired) electrons. The second-order valence-corrected chi connectivity index (χ2v) is 14.4. The molecule has 2 heteroatoms. The summed E-state index contributed by atoms with van der Waals surface area (Å²) >= 11 is 0. The quantitative estimate of drug-likeness (QED) is 0.172. The molecule has 11 rings (SSSR count). The Morgan fingerprint density at radius 2 is 0.964 bits per heavy atom. The molecule has 0 spiro atoms. The highest BCUT2D eigenvalue weighted by Crippen LogP contribution is 2.57. The molecule has 55 heavy (non-hydrogen) atoms. The van der Waals surface area contributed by atoms with Crippen molar-refractivity contribution in [3.63, 3.8) is 0 Å². The summed E-state index contributed by atoms with van der Waals surface area (Å²) in [7, 11) is 0. The fourth-order valence-corrected chi connectivity index (χ4v) is 9.19. The molecule has 1 aliphatic carbocycles. The summed E-state index contributed by atoms with van der Waals surface area (Å²) in [4.78, 5) is 2.37. The molecule has 0 atom stereocenters. The van der Waals surface area contributed by atoms with Gasteiger partial charge in [0, 0.05) is 39.5 Å². The van der Waals surface area contributed by atoms with Crippen LogP contribution in [0.5, 0.6) is 0 Å². The number of nitrogens with zero attached hydrogens (tertiary/aromatic N) is 1. The fraction of sp³-hybridized carbons (Fsp3) is 0.0189. The highest BCUT2D eigenvalue weighted by molar-refractivity contribution is 6.18. The Morgan fingerprint density at radius 1 is 0.382 bits per heavy atom. The van der Waals surface area contributed by atoms with E-state index in [-0.39, 0.29) is 0 Å². The lowest BCUT2D eigenvalue weighted by Gasteiger charge is -2.35. The van der Waals surface area contributed by atoms with Crippen molar-refractivity contribution in [2.24, 2.45) is 0 Å². The number of hydrogen-bond donors (Lipinski definition) is 0. The van der Waals surface area contributed by atoms with Gasteiger partial charge in [0.1, 0.15) is 11.2 Å². The zero-order valence-electron chi connectivity index (χ0n) is 30.1. The molecule has 0 fully saturated rings. The number of fused-ring (bicyclic) bond motifs is 7. The summed E-state index contributed by atoms with van der Waals surface area (Å²) in [5.74, 6) is 0. The van der Waals surface area contributed by atoms with E-state index in [1.807, 2.05) is 0 Å². The number of benzene rings is 9. The van der Waals surface area contributed by atoms with Gasteiger partial charge in [-0.1, -0.05) is 164 Å². The number of rotatable bonds is 6. The van der Waals surface area contributed by atoms with E-state index in [1.165, 1.54) is 44.2 Å². The summed E-state index contributed by atoms with van der Waals surface area (Å²) in [6.45, 7) is 0.